The second kappa shape index (κ2) is 8.50. The lowest BCUT2D eigenvalue weighted by atomic mass is 10.1. The number of halogens is 2. The van der Waals surface area contributed by atoms with E-state index in [1.165, 1.54) is 24.3 Å². The number of benzene rings is 2. The topological polar surface area (TPSA) is 92.6 Å². The Labute approximate surface area is 184 Å². The number of nitro groups is 1. The van der Waals surface area contributed by atoms with Gasteiger partial charge in [-0.05, 0) is 54.5 Å². The van der Waals surface area contributed by atoms with Crippen LogP contribution >= 0.6 is 47.2 Å². The number of rotatable bonds is 4. The number of amides is 2. The maximum absolute atomic E-state index is 12.7. The van der Waals surface area contributed by atoms with Crippen LogP contribution in [0.15, 0.2) is 41.3 Å². The highest BCUT2D eigenvalue weighted by molar-refractivity contribution is 8.26. The summed E-state index contributed by atoms with van der Waals surface area (Å²) in [6.07, 6.45) is 1.44. The number of nitrogens with zero attached hydrogens (tertiary/aromatic N) is 2. The first-order valence-corrected chi connectivity index (χ1v) is 9.94. The van der Waals surface area contributed by atoms with Crippen LogP contribution in [0, 0.1) is 17.0 Å². The number of thiocarbonyl (C=S) groups is 1. The van der Waals surface area contributed by atoms with Gasteiger partial charge in [0.05, 0.1) is 20.4 Å². The van der Waals surface area contributed by atoms with Crippen molar-refractivity contribution in [2.24, 2.45) is 0 Å². The third-order valence-corrected chi connectivity index (χ3v) is 5.78. The Kier molecular flexibility index (Phi) is 6.23. The highest BCUT2D eigenvalue weighted by Crippen LogP contribution is 2.33. The van der Waals surface area contributed by atoms with Gasteiger partial charge in [-0.1, -0.05) is 47.1 Å². The molecule has 1 N–H and O–H groups in total. The molecule has 0 aliphatic carbocycles. The Morgan fingerprint density at radius 2 is 1.97 bits per heavy atom. The van der Waals surface area contributed by atoms with Crippen LogP contribution in [0.2, 0.25) is 10.0 Å². The van der Waals surface area contributed by atoms with Crippen LogP contribution in [0.25, 0.3) is 6.08 Å². The van der Waals surface area contributed by atoms with E-state index >= 15 is 0 Å². The van der Waals surface area contributed by atoms with Gasteiger partial charge in [-0.2, -0.15) is 5.01 Å². The zero-order chi connectivity index (χ0) is 21.3. The van der Waals surface area contributed by atoms with Crippen LogP contribution in [0.5, 0.6) is 0 Å². The van der Waals surface area contributed by atoms with Crippen molar-refractivity contribution in [3.8, 4) is 0 Å². The molecule has 29 heavy (non-hydrogen) atoms. The summed E-state index contributed by atoms with van der Waals surface area (Å²) in [5.41, 5.74) is 3.64. The van der Waals surface area contributed by atoms with Crippen LogP contribution in [0.4, 0.5) is 5.69 Å². The fraction of sp³-hybridized carbons (Fsp3) is 0.0556. The summed E-state index contributed by atoms with van der Waals surface area (Å²) >= 11 is 18.0. The molecule has 1 heterocycles. The summed E-state index contributed by atoms with van der Waals surface area (Å²) in [4.78, 5) is 35.7. The molecule has 2 aromatic rings. The van der Waals surface area contributed by atoms with Gasteiger partial charge >= 0.3 is 0 Å². The standard InChI is InChI=1S/C18H11Cl2N3O4S2/c1-9-2-4-11(13(20)6-9)16(24)21-22-17(25)15(29-18(22)28)8-10-3-5-12(19)14(7-10)23(26)27/h2-8H,1H3,(H,21,24)/b15-8-. The molecule has 2 aromatic carbocycles. The number of carbonyl (C=O) groups excluding carboxylic acids is 2. The molecule has 11 heteroatoms. The first kappa shape index (κ1) is 21.3. The minimum atomic E-state index is -0.615. The Balaban J connectivity index is 1.83. The SMILES string of the molecule is Cc1ccc(C(=O)NN2C(=O)/C(=C/c3ccc(Cl)c([N+](=O)[O-])c3)SC2=S)c(Cl)c1. The predicted octanol–water partition coefficient (Wildman–Crippen LogP) is 4.76. The molecule has 0 radical (unpaired) electrons. The van der Waals surface area contributed by atoms with Crippen molar-refractivity contribution in [2.45, 2.75) is 6.92 Å². The van der Waals surface area contributed by atoms with Gasteiger partial charge in [-0.25, -0.2) is 0 Å². The van der Waals surface area contributed by atoms with Crippen LogP contribution in [0.3, 0.4) is 0 Å². The molecule has 7 nitrogen and oxygen atoms in total. The summed E-state index contributed by atoms with van der Waals surface area (Å²) in [6.45, 7) is 1.83. The van der Waals surface area contributed by atoms with E-state index in [2.05, 4.69) is 5.43 Å². The molecule has 0 bridgehead atoms. The number of aryl methyl sites for hydroxylation is 1. The van der Waals surface area contributed by atoms with E-state index in [1.54, 1.807) is 18.2 Å². The molecule has 0 saturated carbocycles. The van der Waals surface area contributed by atoms with E-state index in [1.807, 2.05) is 6.92 Å². The van der Waals surface area contributed by atoms with E-state index in [0.717, 1.165) is 22.3 Å². The zero-order valence-electron chi connectivity index (χ0n) is 14.6. The quantitative estimate of drug-likeness (QED) is 0.301. The lowest BCUT2D eigenvalue weighted by molar-refractivity contribution is -0.384. The minimum absolute atomic E-state index is 0.0121. The summed E-state index contributed by atoms with van der Waals surface area (Å²) in [7, 11) is 0. The number of nitrogens with one attached hydrogen (secondary N) is 1. The van der Waals surface area contributed by atoms with Crippen molar-refractivity contribution in [3.05, 3.63) is 78.2 Å². The molecule has 1 aliphatic rings. The largest absolute Gasteiger partial charge is 0.288 e. The maximum atomic E-state index is 12.7. The fourth-order valence-electron chi connectivity index (χ4n) is 2.44. The first-order chi connectivity index (χ1) is 13.7. The number of thioether (sulfide) groups is 1. The smallest absolute Gasteiger partial charge is 0.267 e. The highest BCUT2D eigenvalue weighted by Gasteiger charge is 2.34. The Hall–Kier alpha value is -2.46. The van der Waals surface area contributed by atoms with Crippen LogP contribution < -0.4 is 5.43 Å². The van der Waals surface area contributed by atoms with Crippen molar-refractivity contribution in [1.29, 1.82) is 0 Å². The summed E-state index contributed by atoms with van der Waals surface area (Å²) < 4.78 is 0.112. The zero-order valence-corrected chi connectivity index (χ0v) is 17.8. The molecule has 0 unspecified atom stereocenters. The second-order valence-electron chi connectivity index (χ2n) is 5.91. The van der Waals surface area contributed by atoms with Gasteiger partial charge in [0, 0.05) is 6.07 Å². The molecule has 3 rings (SSSR count). The van der Waals surface area contributed by atoms with E-state index in [0.29, 0.717) is 5.56 Å². The molecular formula is C18H11Cl2N3O4S2. The number of hydrogen-bond donors (Lipinski definition) is 1. The fourth-order valence-corrected chi connectivity index (χ4v) is 4.13. The van der Waals surface area contributed by atoms with Gasteiger partial charge < -0.3 is 0 Å². The van der Waals surface area contributed by atoms with E-state index in [-0.39, 0.29) is 30.5 Å². The normalized spacial score (nSPS) is 15.1. The van der Waals surface area contributed by atoms with Crippen molar-refractivity contribution >= 4 is 75.1 Å². The molecule has 1 fully saturated rings. The Morgan fingerprint density at radius 3 is 2.62 bits per heavy atom. The maximum Gasteiger partial charge on any atom is 0.288 e. The van der Waals surface area contributed by atoms with Gasteiger partial charge in [0.15, 0.2) is 4.32 Å². The number of nitro benzene ring substituents is 1. The van der Waals surface area contributed by atoms with Crippen molar-refractivity contribution < 1.29 is 14.5 Å². The van der Waals surface area contributed by atoms with E-state index < -0.39 is 16.7 Å². The van der Waals surface area contributed by atoms with E-state index in [9.17, 15) is 19.7 Å². The van der Waals surface area contributed by atoms with Gasteiger partial charge in [-0.15, -0.1) is 0 Å². The third kappa shape index (κ3) is 4.59. The average Bonchev–Trinajstić information content (AvgIpc) is 2.90. The second-order valence-corrected chi connectivity index (χ2v) is 8.40. The number of hydrazine groups is 1. The summed E-state index contributed by atoms with van der Waals surface area (Å²) in [5, 5.41) is 12.2. The molecule has 148 valence electrons. The van der Waals surface area contributed by atoms with Gasteiger partial charge in [0.1, 0.15) is 5.02 Å². The van der Waals surface area contributed by atoms with Gasteiger partial charge in [0.25, 0.3) is 17.5 Å². The average molecular weight is 468 g/mol. The lowest BCUT2D eigenvalue weighted by Gasteiger charge is -2.16. The number of carbonyl (C=O) groups is 2. The van der Waals surface area contributed by atoms with Crippen LogP contribution in [-0.4, -0.2) is 26.1 Å². The van der Waals surface area contributed by atoms with Crippen molar-refractivity contribution in [2.75, 3.05) is 0 Å². The monoisotopic (exact) mass is 467 g/mol. The predicted molar refractivity (Wildman–Crippen MR) is 117 cm³/mol. The molecule has 1 aliphatic heterocycles. The van der Waals surface area contributed by atoms with Crippen molar-refractivity contribution in [3.63, 3.8) is 0 Å². The molecule has 0 atom stereocenters. The summed E-state index contributed by atoms with van der Waals surface area (Å²) in [5.74, 6) is -1.15. The Bertz CT molecular complexity index is 1100. The number of hydrogen-bond acceptors (Lipinski definition) is 6. The molecule has 1 saturated heterocycles. The third-order valence-electron chi connectivity index (χ3n) is 3.84. The molecule has 2 amide bonds. The Morgan fingerprint density at radius 1 is 1.24 bits per heavy atom. The highest BCUT2D eigenvalue weighted by atomic mass is 35.5. The first-order valence-electron chi connectivity index (χ1n) is 7.96. The van der Waals surface area contributed by atoms with E-state index in [4.69, 9.17) is 35.4 Å². The minimum Gasteiger partial charge on any atom is -0.267 e. The summed E-state index contributed by atoms with van der Waals surface area (Å²) in [6, 6.07) is 9.05. The lowest BCUT2D eigenvalue weighted by Crippen LogP contribution is -2.44. The van der Waals surface area contributed by atoms with Gasteiger partial charge in [0.2, 0.25) is 0 Å². The molecule has 0 spiro atoms. The van der Waals surface area contributed by atoms with Crippen LogP contribution in [0.1, 0.15) is 21.5 Å². The molecular weight excluding hydrogens is 457 g/mol. The van der Waals surface area contributed by atoms with Gasteiger partial charge in [-0.3, -0.25) is 25.1 Å². The molecule has 0 aromatic heterocycles. The van der Waals surface area contributed by atoms with Crippen LogP contribution in [-0.2, 0) is 4.79 Å². The van der Waals surface area contributed by atoms with Crippen molar-refractivity contribution in [1.82, 2.24) is 10.4 Å².